The van der Waals surface area contributed by atoms with Crippen molar-refractivity contribution < 1.29 is 0 Å². The second kappa shape index (κ2) is 3.37. The van der Waals surface area contributed by atoms with E-state index in [1.807, 2.05) is 25.2 Å². The molecule has 1 aromatic rings. The Labute approximate surface area is 62.1 Å². The van der Waals surface area contributed by atoms with Crippen molar-refractivity contribution >= 4 is 0 Å². The molecule has 0 aliphatic rings. The smallest absolute Gasteiger partial charge is 0.0205 e. The van der Waals surface area contributed by atoms with Gasteiger partial charge >= 0.3 is 0 Å². The van der Waals surface area contributed by atoms with Crippen LogP contribution in [-0.2, 0) is 6.54 Å². The highest BCUT2D eigenvalue weighted by atomic mass is 14.8. The third-order valence-corrected chi connectivity index (χ3v) is 1.49. The van der Waals surface area contributed by atoms with Crippen LogP contribution in [0, 0.1) is 6.92 Å². The molecule has 1 N–H and O–H groups in total. The molecule has 0 aliphatic heterocycles. The highest BCUT2D eigenvalue weighted by Crippen LogP contribution is 2.05. The molecule has 1 nitrogen and oxygen atoms in total. The zero-order valence-corrected chi connectivity index (χ0v) is 6.22. The highest BCUT2D eigenvalue weighted by molar-refractivity contribution is 5.28. The lowest BCUT2D eigenvalue weighted by molar-refractivity contribution is 0.815. The average molecular weight is 134 g/mol. The largest absolute Gasteiger partial charge is 0.316 e. The Morgan fingerprint density at radius 2 is 2.10 bits per heavy atom. The minimum atomic E-state index is 0.902. The third-order valence-electron chi connectivity index (χ3n) is 1.49. The van der Waals surface area contributed by atoms with E-state index < -0.39 is 0 Å². The van der Waals surface area contributed by atoms with Gasteiger partial charge in [0.2, 0.25) is 0 Å². The fourth-order valence-corrected chi connectivity index (χ4v) is 0.920. The first kappa shape index (κ1) is 7.29. The van der Waals surface area contributed by atoms with Crippen LogP contribution in [-0.4, -0.2) is 7.05 Å². The first-order valence-corrected chi connectivity index (χ1v) is 3.39. The predicted molar refractivity (Wildman–Crippen MR) is 43.7 cm³/mol. The maximum atomic E-state index is 3.90. The van der Waals surface area contributed by atoms with Gasteiger partial charge in [-0.25, -0.2) is 0 Å². The van der Waals surface area contributed by atoms with E-state index >= 15 is 0 Å². The second-order valence-electron chi connectivity index (χ2n) is 2.30. The monoisotopic (exact) mass is 134 g/mol. The minimum Gasteiger partial charge on any atom is -0.316 e. The molecular formula is C9H12N. The standard InChI is InChI=1S/C9H12N/c1-8-5-3-4-6-9(8)7-10-2/h3-6,10H,1,7H2,2H3. The molecule has 0 atom stereocenters. The van der Waals surface area contributed by atoms with Gasteiger partial charge in [0.15, 0.2) is 0 Å². The molecule has 0 aromatic heterocycles. The molecule has 0 spiro atoms. The highest BCUT2D eigenvalue weighted by Gasteiger charge is 1.92. The first-order chi connectivity index (χ1) is 4.84. The number of hydrogen-bond donors (Lipinski definition) is 1. The molecule has 0 unspecified atom stereocenters. The van der Waals surface area contributed by atoms with Crippen LogP contribution in [0.4, 0.5) is 0 Å². The molecule has 0 aliphatic carbocycles. The van der Waals surface area contributed by atoms with Crippen molar-refractivity contribution in [1.29, 1.82) is 0 Å². The Morgan fingerprint density at radius 3 is 2.70 bits per heavy atom. The quantitative estimate of drug-likeness (QED) is 0.647. The van der Waals surface area contributed by atoms with E-state index in [1.54, 1.807) is 0 Å². The van der Waals surface area contributed by atoms with Gasteiger partial charge in [-0.2, -0.15) is 0 Å². The second-order valence-corrected chi connectivity index (χ2v) is 2.30. The molecule has 0 amide bonds. The molecule has 1 aromatic carbocycles. The molecule has 1 radical (unpaired) electrons. The Morgan fingerprint density at radius 1 is 1.40 bits per heavy atom. The summed E-state index contributed by atoms with van der Waals surface area (Å²) in [6.07, 6.45) is 0. The molecule has 0 fully saturated rings. The van der Waals surface area contributed by atoms with E-state index in [9.17, 15) is 0 Å². The Kier molecular flexibility index (Phi) is 2.46. The summed E-state index contributed by atoms with van der Waals surface area (Å²) >= 11 is 0. The molecule has 0 saturated heterocycles. The van der Waals surface area contributed by atoms with Crippen molar-refractivity contribution in [2.24, 2.45) is 0 Å². The van der Waals surface area contributed by atoms with Gasteiger partial charge in [-0.1, -0.05) is 24.3 Å². The van der Waals surface area contributed by atoms with Gasteiger partial charge < -0.3 is 5.32 Å². The van der Waals surface area contributed by atoms with Crippen molar-refractivity contribution in [2.45, 2.75) is 6.54 Å². The lowest BCUT2D eigenvalue weighted by Crippen LogP contribution is -2.05. The molecular weight excluding hydrogens is 122 g/mol. The Hall–Kier alpha value is -0.820. The van der Waals surface area contributed by atoms with Crippen molar-refractivity contribution in [1.82, 2.24) is 5.32 Å². The van der Waals surface area contributed by atoms with E-state index in [2.05, 4.69) is 18.3 Å². The minimum absolute atomic E-state index is 0.902. The van der Waals surface area contributed by atoms with Crippen molar-refractivity contribution in [3.05, 3.63) is 42.3 Å². The molecule has 53 valence electrons. The summed E-state index contributed by atoms with van der Waals surface area (Å²) in [7, 11) is 1.94. The van der Waals surface area contributed by atoms with Gasteiger partial charge in [0.1, 0.15) is 0 Å². The van der Waals surface area contributed by atoms with E-state index in [0.717, 1.165) is 12.1 Å². The average Bonchev–Trinajstić information content (AvgIpc) is 1.94. The van der Waals surface area contributed by atoms with Crippen LogP contribution in [0.2, 0.25) is 0 Å². The SMILES string of the molecule is [CH2]c1ccccc1CNC. The van der Waals surface area contributed by atoms with Gasteiger partial charge in [0, 0.05) is 6.54 Å². The molecule has 10 heavy (non-hydrogen) atoms. The maximum Gasteiger partial charge on any atom is 0.0205 e. The fourth-order valence-electron chi connectivity index (χ4n) is 0.920. The Balaban J connectivity index is 2.81. The summed E-state index contributed by atoms with van der Waals surface area (Å²) in [6, 6.07) is 8.13. The Bertz CT molecular complexity index is 206. The number of hydrogen-bond acceptors (Lipinski definition) is 1. The molecule has 1 heteroatoms. The third kappa shape index (κ3) is 1.58. The van der Waals surface area contributed by atoms with Crippen molar-refractivity contribution in [3.8, 4) is 0 Å². The predicted octanol–water partition coefficient (Wildman–Crippen LogP) is 1.59. The summed E-state index contributed by atoms with van der Waals surface area (Å²) in [6.45, 7) is 4.80. The van der Waals surface area contributed by atoms with Gasteiger partial charge in [0.25, 0.3) is 0 Å². The van der Waals surface area contributed by atoms with Crippen LogP contribution in [0.1, 0.15) is 11.1 Å². The molecule has 0 saturated carbocycles. The number of rotatable bonds is 2. The van der Waals surface area contributed by atoms with E-state index in [0.29, 0.717) is 0 Å². The molecule has 0 bridgehead atoms. The summed E-state index contributed by atoms with van der Waals surface area (Å²) < 4.78 is 0. The number of benzene rings is 1. The van der Waals surface area contributed by atoms with Crippen LogP contribution >= 0.6 is 0 Å². The maximum absolute atomic E-state index is 3.90. The van der Waals surface area contributed by atoms with Crippen LogP contribution in [0.25, 0.3) is 0 Å². The van der Waals surface area contributed by atoms with E-state index in [-0.39, 0.29) is 0 Å². The zero-order valence-electron chi connectivity index (χ0n) is 6.22. The lowest BCUT2D eigenvalue weighted by Gasteiger charge is -2.02. The lowest BCUT2D eigenvalue weighted by atomic mass is 10.1. The van der Waals surface area contributed by atoms with Crippen molar-refractivity contribution in [2.75, 3.05) is 7.05 Å². The summed E-state index contributed by atoms with van der Waals surface area (Å²) in [5, 5.41) is 3.08. The van der Waals surface area contributed by atoms with E-state index in [4.69, 9.17) is 0 Å². The van der Waals surface area contributed by atoms with Gasteiger partial charge in [-0.15, -0.1) is 0 Å². The molecule has 0 heterocycles. The van der Waals surface area contributed by atoms with Crippen LogP contribution in [0.5, 0.6) is 0 Å². The zero-order chi connectivity index (χ0) is 7.40. The summed E-state index contributed by atoms with van der Waals surface area (Å²) in [5.74, 6) is 0. The van der Waals surface area contributed by atoms with Gasteiger partial charge in [-0.05, 0) is 25.1 Å². The number of nitrogens with one attached hydrogen (secondary N) is 1. The van der Waals surface area contributed by atoms with Crippen LogP contribution < -0.4 is 5.32 Å². The topological polar surface area (TPSA) is 12.0 Å². The van der Waals surface area contributed by atoms with Crippen LogP contribution in [0.15, 0.2) is 24.3 Å². The fraction of sp³-hybridized carbons (Fsp3) is 0.222. The summed E-state index contributed by atoms with van der Waals surface area (Å²) in [5.41, 5.74) is 2.38. The van der Waals surface area contributed by atoms with Crippen molar-refractivity contribution in [3.63, 3.8) is 0 Å². The first-order valence-electron chi connectivity index (χ1n) is 3.39. The van der Waals surface area contributed by atoms with E-state index in [1.165, 1.54) is 5.56 Å². The molecule has 1 rings (SSSR count). The normalized spacial score (nSPS) is 9.80. The van der Waals surface area contributed by atoms with Gasteiger partial charge in [0.05, 0.1) is 0 Å². The van der Waals surface area contributed by atoms with Crippen LogP contribution in [0.3, 0.4) is 0 Å². The van der Waals surface area contributed by atoms with Gasteiger partial charge in [-0.3, -0.25) is 0 Å². The summed E-state index contributed by atoms with van der Waals surface area (Å²) in [4.78, 5) is 0.